The second-order valence-electron chi connectivity index (χ2n) is 5.00. The van der Waals surface area contributed by atoms with Crippen LogP contribution in [0, 0.1) is 11.3 Å². The third-order valence-electron chi connectivity index (χ3n) is 3.51. The summed E-state index contributed by atoms with van der Waals surface area (Å²) < 4.78 is 15.4. The molecular formula is C18H13NO5. The van der Waals surface area contributed by atoms with Gasteiger partial charge < -0.3 is 19.3 Å². The number of phenolic OH excluding ortho intramolecular Hbond substituents is 1. The fourth-order valence-corrected chi connectivity index (χ4v) is 2.31. The maximum Gasteiger partial charge on any atom is 0.231 e. The van der Waals surface area contributed by atoms with Gasteiger partial charge in [-0.1, -0.05) is 6.07 Å². The normalized spacial score (nSPS) is 12.6. The molecule has 1 aliphatic heterocycles. The van der Waals surface area contributed by atoms with Crippen molar-refractivity contribution >= 4 is 11.9 Å². The number of nitrogens with zero attached hydrogens (tertiary/aromatic N) is 1. The van der Waals surface area contributed by atoms with Crippen molar-refractivity contribution in [2.45, 2.75) is 0 Å². The molecule has 6 heteroatoms. The number of phenols is 1. The van der Waals surface area contributed by atoms with E-state index in [1.807, 2.05) is 6.07 Å². The Morgan fingerprint density at radius 1 is 1.25 bits per heavy atom. The summed E-state index contributed by atoms with van der Waals surface area (Å²) in [6, 6.07) is 11.3. The van der Waals surface area contributed by atoms with Crippen LogP contribution >= 0.6 is 0 Å². The van der Waals surface area contributed by atoms with Crippen LogP contribution in [0.15, 0.2) is 42.0 Å². The molecular weight excluding hydrogens is 310 g/mol. The number of ketones is 1. The number of carbonyl (C=O) groups excluding carboxylic acids is 1. The minimum Gasteiger partial charge on any atom is -0.504 e. The van der Waals surface area contributed by atoms with Crippen LogP contribution < -0.4 is 14.2 Å². The molecule has 0 spiro atoms. The summed E-state index contributed by atoms with van der Waals surface area (Å²) in [4.78, 5) is 12.5. The molecule has 0 atom stereocenters. The van der Waals surface area contributed by atoms with E-state index in [9.17, 15) is 15.2 Å². The number of allylic oxidation sites excluding steroid dienone is 1. The molecule has 0 amide bonds. The lowest BCUT2D eigenvalue weighted by Gasteiger charge is -2.05. The van der Waals surface area contributed by atoms with Crippen molar-refractivity contribution in [1.82, 2.24) is 0 Å². The summed E-state index contributed by atoms with van der Waals surface area (Å²) >= 11 is 0. The van der Waals surface area contributed by atoms with Crippen molar-refractivity contribution in [1.29, 1.82) is 5.26 Å². The standard InChI is InChI=1S/C18H13NO5/c1-22-15-4-2-11(7-14(15)20)6-13(9-19)18(21)12-3-5-16-17(8-12)24-10-23-16/h2-8,20H,10H2,1H3. The van der Waals surface area contributed by atoms with Crippen molar-refractivity contribution in [3.8, 4) is 29.1 Å². The van der Waals surface area contributed by atoms with E-state index in [0.29, 0.717) is 28.4 Å². The molecule has 0 fully saturated rings. The second kappa shape index (κ2) is 6.34. The van der Waals surface area contributed by atoms with E-state index in [-0.39, 0.29) is 18.1 Å². The highest BCUT2D eigenvalue weighted by molar-refractivity contribution is 6.14. The van der Waals surface area contributed by atoms with E-state index in [2.05, 4.69) is 0 Å². The van der Waals surface area contributed by atoms with Crippen LogP contribution in [0.25, 0.3) is 6.08 Å². The topological polar surface area (TPSA) is 88.8 Å². The molecule has 2 aromatic rings. The number of rotatable bonds is 4. The number of aromatic hydroxyl groups is 1. The Labute approximate surface area is 138 Å². The lowest BCUT2D eigenvalue weighted by Crippen LogP contribution is -2.02. The Bertz CT molecular complexity index is 879. The van der Waals surface area contributed by atoms with Gasteiger partial charge in [0.25, 0.3) is 0 Å². The first kappa shape index (κ1) is 15.4. The molecule has 24 heavy (non-hydrogen) atoms. The van der Waals surface area contributed by atoms with E-state index in [0.717, 1.165) is 0 Å². The second-order valence-corrected chi connectivity index (χ2v) is 5.00. The molecule has 0 saturated carbocycles. The molecule has 2 aromatic carbocycles. The summed E-state index contributed by atoms with van der Waals surface area (Å²) in [5.74, 6) is 0.840. The Morgan fingerprint density at radius 2 is 2.04 bits per heavy atom. The average Bonchev–Trinajstić information content (AvgIpc) is 3.07. The maximum atomic E-state index is 12.5. The van der Waals surface area contributed by atoms with E-state index in [4.69, 9.17) is 14.2 Å². The zero-order valence-electron chi connectivity index (χ0n) is 12.8. The van der Waals surface area contributed by atoms with Crippen LogP contribution in [0.4, 0.5) is 0 Å². The average molecular weight is 323 g/mol. The molecule has 1 N–H and O–H groups in total. The molecule has 0 saturated heterocycles. The number of ether oxygens (including phenoxy) is 3. The highest BCUT2D eigenvalue weighted by Gasteiger charge is 2.18. The van der Waals surface area contributed by atoms with Gasteiger partial charge in [-0.2, -0.15) is 5.26 Å². The molecule has 0 radical (unpaired) electrons. The molecule has 3 rings (SSSR count). The van der Waals surface area contributed by atoms with Crippen molar-refractivity contribution in [2.24, 2.45) is 0 Å². The van der Waals surface area contributed by atoms with Gasteiger partial charge in [0.15, 0.2) is 23.0 Å². The Kier molecular flexibility index (Phi) is 4.08. The third-order valence-corrected chi connectivity index (χ3v) is 3.51. The van der Waals surface area contributed by atoms with Crippen LogP contribution in [-0.4, -0.2) is 24.8 Å². The highest BCUT2D eigenvalue weighted by atomic mass is 16.7. The van der Waals surface area contributed by atoms with Gasteiger partial charge >= 0.3 is 0 Å². The van der Waals surface area contributed by atoms with Crippen LogP contribution in [0.2, 0.25) is 0 Å². The van der Waals surface area contributed by atoms with Gasteiger partial charge in [0.1, 0.15) is 11.6 Å². The molecule has 1 heterocycles. The predicted octanol–water partition coefficient (Wildman–Crippen LogP) is 2.92. The summed E-state index contributed by atoms with van der Waals surface area (Å²) in [5, 5.41) is 19.1. The van der Waals surface area contributed by atoms with Gasteiger partial charge in [0.05, 0.1) is 7.11 Å². The number of methoxy groups -OCH3 is 1. The first-order chi connectivity index (χ1) is 11.6. The lowest BCUT2D eigenvalue weighted by molar-refractivity contribution is 0.103. The largest absolute Gasteiger partial charge is 0.504 e. The summed E-state index contributed by atoms with van der Waals surface area (Å²) in [6.07, 6.45) is 1.41. The van der Waals surface area contributed by atoms with Crippen molar-refractivity contribution in [3.63, 3.8) is 0 Å². The van der Waals surface area contributed by atoms with E-state index in [1.54, 1.807) is 30.3 Å². The van der Waals surface area contributed by atoms with Crippen LogP contribution in [0.5, 0.6) is 23.0 Å². The molecule has 0 aromatic heterocycles. The number of nitriles is 1. The van der Waals surface area contributed by atoms with Crippen LogP contribution in [0.1, 0.15) is 15.9 Å². The first-order valence-electron chi connectivity index (χ1n) is 7.05. The number of benzene rings is 2. The zero-order valence-corrected chi connectivity index (χ0v) is 12.8. The Hall–Kier alpha value is -3.46. The zero-order chi connectivity index (χ0) is 17.1. The van der Waals surface area contributed by atoms with Gasteiger partial charge in [-0.05, 0) is 42.0 Å². The molecule has 1 aliphatic rings. The first-order valence-corrected chi connectivity index (χ1v) is 7.05. The van der Waals surface area contributed by atoms with Gasteiger partial charge in [-0.25, -0.2) is 0 Å². The summed E-state index contributed by atoms with van der Waals surface area (Å²) in [7, 11) is 1.44. The molecule has 0 unspecified atom stereocenters. The minimum atomic E-state index is -0.439. The van der Waals surface area contributed by atoms with Crippen LogP contribution in [0.3, 0.4) is 0 Å². The summed E-state index contributed by atoms with van der Waals surface area (Å²) in [6.45, 7) is 0.110. The maximum absolute atomic E-state index is 12.5. The van der Waals surface area contributed by atoms with E-state index in [1.165, 1.54) is 19.3 Å². The monoisotopic (exact) mass is 323 g/mol. The Morgan fingerprint density at radius 3 is 2.75 bits per heavy atom. The Balaban J connectivity index is 1.92. The molecule has 120 valence electrons. The predicted molar refractivity (Wildman–Crippen MR) is 85.1 cm³/mol. The lowest BCUT2D eigenvalue weighted by atomic mass is 10.0. The SMILES string of the molecule is COc1ccc(C=C(C#N)C(=O)c2ccc3c(c2)OCO3)cc1O. The van der Waals surface area contributed by atoms with Crippen molar-refractivity contribution in [3.05, 3.63) is 53.1 Å². The summed E-state index contributed by atoms with van der Waals surface area (Å²) in [5.41, 5.74) is 0.780. The fourth-order valence-electron chi connectivity index (χ4n) is 2.31. The number of hydrogen-bond acceptors (Lipinski definition) is 6. The minimum absolute atomic E-state index is 0.0570. The third kappa shape index (κ3) is 2.88. The van der Waals surface area contributed by atoms with Crippen molar-refractivity contribution in [2.75, 3.05) is 13.9 Å². The quantitative estimate of drug-likeness (QED) is 0.529. The van der Waals surface area contributed by atoms with Gasteiger partial charge in [0, 0.05) is 5.56 Å². The van der Waals surface area contributed by atoms with Gasteiger partial charge in [-0.15, -0.1) is 0 Å². The highest BCUT2D eigenvalue weighted by Crippen LogP contribution is 2.33. The number of fused-ring (bicyclic) bond motifs is 1. The number of hydrogen-bond donors (Lipinski definition) is 1. The van der Waals surface area contributed by atoms with Gasteiger partial charge in [-0.3, -0.25) is 4.79 Å². The fraction of sp³-hybridized carbons (Fsp3) is 0.111. The van der Waals surface area contributed by atoms with E-state index >= 15 is 0 Å². The van der Waals surface area contributed by atoms with Crippen LogP contribution in [-0.2, 0) is 0 Å². The molecule has 6 nitrogen and oxygen atoms in total. The smallest absolute Gasteiger partial charge is 0.231 e. The molecule has 0 aliphatic carbocycles. The van der Waals surface area contributed by atoms with Crippen molar-refractivity contribution < 1.29 is 24.1 Å². The number of carbonyl (C=O) groups is 1. The molecule has 0 bridgehead atoms. The van der Waals surface area contributed by atoms with Gasteiger partial charge in [0.2, 0.25) is 12.6 Å². The van der Waals surface area contributed by atoms with E-state index < -0.39 is 5.78 Å². The number of Topliss-reactive ketones (excluding diaryl/α,β-unsaturated/α-hetero) is 1.